The molecule has 0 N–H and O–H groups in total. The maximum Gasteiger partial charge on any atom is 0.290 e. The molecule has 0 saturated heterocycles. The van der Waals surface area contributed by atoms with E-state index in [-0.39, 0.29) is 17.1 Å². The highest BCUT2D eigenvalue weighted by molar-refractivity contribution is 5.99. The molecular weight excluding hydrogens is 510 g/mol. The van der Waals surface area contributed by atoms with Crippen LogP contribution in [0, 0.1) is 0 Å². The van der Waals surface area contributed by atoms with Gasteiger partial charge in [0.25, 0.3) is 5.91 Å². The third kappa shape index (κ3) is 4.97. The van der Waals surface area contributed by atoms with Crippen LogP contribution >= 0.6 is 0 Å². The summed E-state index contributed by atoms with van der Waals surface area (Å²) in [6, 6.07) is 17.6. The zero-order valence-corrected chi connectivity index (χ0v) is 23.2. The van der Waals surface area contributed by atoms with E-state index in [9.17, 15) is 9.59 Å². The number of fused-ring (bicyclic) bond motifs is 2. The summed E-state index contributed by atoms with van der Waals surface area (Å²) in [4.78, 5) is 29.3. The van der Waals surface area contributed by atoms with E-state index in [2.05, 4.69) is 6.92 Å². The fraction of sp³-hybridized carbons (Fsp3) is 0.312. The number of hydrogen-bond donors (Lipinski definition) is 0. The monoisotopic (exact) mass is 543 g/mol. The molecule has 1 aromatic heterocycles. The average molecular weight is 544 g/mol. The Morgan fingerprint density at radius 1 is 0.850 bits per heavy atom. The predicted octanol–water partition coefficient (Wildman–Crippen LogP) is 5.79. The van der Waals surface area contributed by atoms with Crippen molar-refractivity contribution < 1.29 is 28.2 Å². The van der Waals surface area contributed by atoms with Crippen molar-refractivity contribution in [2.75, 3.05) is 34.5 Å². The van der Waals surface area contributed by atoms with Crippen LogP contribution in [0.5, 0.6) is 23.0 Å². The molecule has 40 heavy (non-hydrogen) atoms. The summed E-state index contributed by atoms with van der Waals surface area (Å²) < 4.78 is 28.4. The molecule has 1 aliphatic rings. The number of benzene rings is 3. The first-order valence-electron chi connectivity index (χ1n) is 13.4. The number of ether oxygens (including phenoxy) is 4. The smallest absolute Gasteiger partial charge is 0.290 e. The maximum absolute atomic E-state index is 13.8. The predicted molar refractivity (Wildman–Crippen MR) is 152 cm³/mol. The molecule has 1 amide bonds. The average Bonchev–Trinajstić information content (AvgIpc) is 3.27. The molecule has 208 valence electrons. The van der Waals surface area contributed by atoms with Gasteiger partial charge >= 0.3 is 0 Å². The van der Waals surface area contributed by atoms with Gasteiger partial charge in [0, 0.05) is 6.54 Å². The van der Waals surface area contributed by atoms with Crippen LogP contribution < -0.4 is 24.4 Å². The highest BCUT2D eigenvalue weighted by Crippen LogP contribution is 2.41. The van der Waals surface area contributed by atoms with Crippen LogP contribution in [-0.2, 0) is 6.42 Å². The second kappa shape index (κ2) is 11.7. The second-order valence-corrected chi connectivity index (χ2v) is 9.62. The van der Waals surface area contributed by atoms with Crippen molar-refractivity contribution >= 4 is 16.9 Å². The molecule has 0 spiro atoms. The standard InChI is InChI=1S/C32H33NO7/c1-5-6-17-39-25-14-12-21(19-27(25)38-4)29-28-30(34)22-9-7-8-10-23(22)40-31(28)32(35)33(29)16-15-20-11-13-24(36-2)26(18-20)37-3/h7-14,18-19,29H,5-6,15-17H2,1-4H3. The summed E-state index contributed by atoms with van der Waals surface area (Å²) in [6.45, 7) is 3.02. The second-order valence-electron chi connectivity index (χ2n) is 9.62. The van der Waals surface area contributed by atoms with Gasteiger partial charge in [-0.15, -0.1) is 0 Å². The van der Waals surface area contributed by atoms with Crippen molar-refractivity contribution in [2.24, 2.45) is 0 Å². The summed E-state index contributed by atoms with van der Waals surface area (Å²) in [5.41, 5.74) is 2.20. The van der Waals surface area contributed by atoms with Crippen molar-refractivity contribution in [2.45, 2.75) is 32.2 Å². The molecule has 8 heteroatoms. The van der Waals surface area contributed by atoms with E-state index >= 15 is 0 Å². The lowest BCUT2D eigenvalue weighted by Crippen LogP contribution is -2.31. The third-order valence-corrected chi connectivity index (χ3v) is 7.22. The Labute approximate surface area is 233 Å². The van der Waals surface area contributed by atoms with E-state index < -0.39 is 6.04 Å². The van der Waals surface area contributed by atoms with E-state index in [0.29, 0.717) is 59.1 Å². The molecule has 1 atom stereocenters. The van der Waals surface area contributed by atoms with Crippen molar-refractivity contribution in [1.29, 1.82) is 0 Å². The van der Waals surface area contributed by atoms with Crippen LogP contribution in [0.2, 0.25) is 0 Å². The van der Waals surface area contributed by atoms with E-state index in [0.717, 1.165) is 24.0 Å². The summed E-state index contributed by atoms with van der Waals surface area (Å²) >= 11 is 0. The molecule has 1 unspecified atom stereocenters. The number of carbonyl (C=O) groups is 1. The Balaban J connectivity index is 1.57. The quantitative estimate of drug-likeness (QED) is 0.222. The van der Waals surface area contributed by atoms with E-state index in [1.165, 1.54) is 0 Å². The minimum atomic E-state index is -0.651. The molecule has 2 heterocycles. The van der Waals surface area contributed by atoms with E-state index in [1.807, 2.05) is 36.4 Å². The lowest BCUT2D eigenvalue weighted by molar-refractivity contribution is 0.0730. The lowest BCUT2D eigenvalue weighted by atomic mass is 9.97. The molecule has 0 aliphatic carbocycles. The van der Waals surface area contributed by atoms with Gasteiger partial charge in [-0.05, 0) is 60.4 Å². The number of amides is 1. The Bertz CT molecular complexity index is 1590. The van der Waals surface area contributed by atoms with Gasteiger partial charge in [-0.2, -0.15) is 0 Å². The summed E-state index contributed by atoms with van der Waals surface area (Å²) in [6.07, 6.45) is 2.47. The van der Waals surface area contributed by atoms with Crippen LogP contribution in [0.25, 0.3) is 11.0 Å². The minimum Gasteiger partial charge on any atom is -0.493 e. The van der Waals surface area contributed by atoms with Gasteiger partial charge in [-0.25, -0.2) is 0 Å². The molecule has 0 radical (unpaired) electrons. The molecule has 0 bridgehead atoms. The van der Waals surface area contributed by atoms with Crippen LogP contribution in [0.15, 0.2) is 69.9 Å². The Morgan fingerprint density at radius 2 is 1.57 bits per heavy atom. The van der Waals surface area contributed by atoms with Gasteiger partial charge in [0.2, 0.25) is 5.76 Å². The third-order valence-electron chi connectivity index (χ3n) is 7.22. The number of methoxy groups -OCH3 is 3. The first-order valence-corrected chi connectivity index (χ1v) is 13.4. The maximum atomic E-state index is 13.8. The first-order chi connectivity index (χ1) is 19.5. The molecule has 1 aliphatic heterocycles. The van der Waals surface area contributed by atoms with Gasteiger partial charge in [0.15, 0.2) is 28.4 Å². The molecule has 8 nitrogen and oxygen atoms in total. The van der Waals surface area contributed by atoms with E-state index in [1.54, 1.807) is 50.5 Å². The summed E-state index contributed by atoms with van der Waals surface area (Å²) in [5, 5.41) is 0.437. The van der Waals surface area contributed by atoms with Crippen molar-refractivity contribution in [1.82, 2.24) is 4.90 Å². The van der Waals surface area contributed by atoms with Crippen LogP contribution in [0.1, 0.15) is 53.1 Å². The lowest BCUT2D eigenvalue weighted by Gasteiger charge is -2.26. The van der Waals surface area contributed by atoms with Crippen molar-refractivity contribution in [3.63, 3.8) is 0 Å². The number of carbonyl (C=O) groups excluding carboxylic acids is 1. The van der Waals surface area contributed by atoms with Gasteiger partial charge in [0.1, 0.15) is 5.58 Å². The molecule has 4 aromatic rings. The van der Waals surface area contributed by atoms with Gasteiger partial charge < -0.3 is 28.3 Å². The molecule has 0 fully saturated rings. The van der Waals surface area contributed by atoms with Crippen LogP contribution in [-0.4, -0.2) is 45.3 Å². The number of nitrogens with zero attached hydrogens (tertiary/aromatic N) is 1. The van der Waals surface area contributed by atoms with Crippen molar-refractivity contribution in [3.05, 3.63) is 93.3 Å². The van der Waals surface area contributed by atoms with Gasteiger partial charge in [-0.3, -0.25) is 9.59 Å². The van der Waals surface area contributed by atoms with Gasteiger partial charge in [-0.1, -0.05) is 37.6 Å². The Morgan fingerprint density at radius 3 is 2.33 bits per heavy atom. The van der Waals surface area contributed by atoms with Crippen LogP contribution in [0.3, 0.4) is 0 Å². The number of para-hydroxylation sites is 1. The summed E-state index contributed by atoms with van der Waals surface area (Å²) in [7, 11) is 4.75. The van der Waals surface area contributed by atoms with E-state index in [4.69, 9.17) is 23.4 Å². The van der Waals surface area contributed by atoms with Crippen LogP contribution in [0.4, 0.5) is 0 Å². The minimum absolute atomic E-state index is 0.0725. The SMILES string of the molecule is CCCCOc1ccc(C2c3c(oc4ccccc4c3=O)C(=O)N2CCc2ccc(OC)c(OC)c2)cc1OC. The number of rotatable bonds is 11. The molecule has 5 rings (SSSR count). The Hall–Kier alpha value is -4.46. The topological polar surface area (TPSA) is 87.4 Å². The summed E-state index contributed by atoms with van der Waals surface area (Å²) in [5.74, 6) is 2.14. The highest BCUT2D eigenvalue weighted by atomic mass is 16.5. The molecule has 0 saturated carbocycles. The zero-order chi connectivity index (χ0) is 28.2. The first kappa shape index (κ1) is 27.1. The number of hydrogen-bond acceptors (Lipinski definition) is 7. The fourth-order valence-electron chi connectivity index (χ4n) is 5.13. The largest absolute Gasteiger partial charge is 0.493 e. The van der Waals surface area contributed by atoms with Crippen molar-refractivity contribution in [3.8, 4) is 23.0 Å². The number of unbranched alkanes of at least 4 members (excludes halogenated alkanes) is 1. The fourth-order valence-corrected chi connectivity index (χ4v) is 5.13. The Kier molecular flexibility index (Phi) is 7.96. The molecular formula is C32H33NO7. The van der Waals surface area contributed by atoms with Gasteiger partial charge in [0.05, 0.1) is 44.9 Å². The zero-order valence-electron chi connectivity index (χ0n) is 23.2. The highest BCUT2D eigenvalue weighted by Gasteiger charge is 2.42. The molecule has 3 aromatic carbocycles. The normalized spacial score (nSPS) is 14.3.